The van der Waals surface area contributed by atoms with Crippen LogP contribution in [0.5, 0.6) is 0 Å². The van der Waals surface area contributed by atoms with Crippen molar-refractivity contribution >= 4 is 46.0 Å². The number of carbonyl (C=O) groups is 1. The van der Waals surface area contributed by atoms with E-state index in [0.717, 1.165) is 16.8 Å². The number of anilines is 1. The second-order valence-electron chi connectivity index (χ2n) is 6.96. The Balaban J connectivity index is 1.63. The summed E-state index contributed by atoms with van der Waals surface area (Å²) in [6.45, 7) is 2.21. The summed E-state index contributed by atoms with van der Waals surface area (Å²) in [5.74, 6) is -0.0865. The Morgan fingerprint density at radius 1 is 1.13 bits per heavy atom. The predicted octanol–water partition coefficient (Wildman–Crippen LogP) is 4.53. The van der Waals surface area contributed by atoms with Crippen LogP contribution < -0.4 is 10.9 Å². The van der Waals surface area contributed by atoms with E-state index in [2.05, 4.69) is 15.3 Å². The Morgan fingerprint density at radius 2 is 1.97 bits per heavy atom. The van der Waals surface area contributed by atoms with Crippen LogP contribution in [0, 0.1) is 6.92 Å². The van der Waals surface area contributed by atoms with Gasteiger partial charge in [0, 0.05) is 16.9 Å². The minimum atomic E-state index is -0.223. The molecule has 4 rings (SSSR count). The van der Waals surface area contributed by atoms with E-state index in [1.54, 1.807) is 24.4 Å². The SMILES string of the molecule is Cc1cccc(NC(=O)CSc2nc3ncccc3c(=O)n2Cc2ccccc2Cl)c1. The maximum atomic E-state index is 13.2. The molecule has 4 aromatic rings. The molecular formula is C23H19ClN4O2S. The minimum Gasteiger partial charge on any atom is -0.325 e. The number of nitrogens with zero attached hydrogens (tertiary/aromatic N) is 3. The van der Waals surface area contributed by atoms with E-state index in [1.807, 2.05) is 49.4 Å². The molecule has 0 aliphatic heterocycles. The predicted molar refractivity (Wildman–Crippen MR) is 125 cm³/mol. The molecule has 0 atom stereocenters. The first kappa shape index (κ1) is 21.1. The minimum absolute atomic E-state index is 0.0985. The molecule has 1 amide bonds. The van der Waals surface area contributed by atoms with Crippen molar-refractivity contribution in [2.75, 3.05) is 11.1 Å². The Kier molecular flexibility index (Phi) is 6.34. The lowest BCUT2D eigenvalue weighted by molar-refractivity contribution is -0.113. The average molecular weight is 451 g/mol. The quantitative estimate of drug-likeness (QED) is 0.345. The number of amides is 1. The molecule has 0 radical (unpaired) electrons. The second kappa shape index (κ2) is 9.32. The molecule has 2 aromatic heterocycles. The maximum Gasteiger partial charge on any atom is 0.263 e. The molecular weight excluding hydrogens is 432 g/mol. The molecule has 6 nitrogen and oxygen atoms in total. The summed E-state index contributed by atoms with van der Waals surface area (Å²) in [5.41, 5.74) is 2.71. The number of benzene rings is 2. The molecule has 0 saturated carbocycles. The van der Waals surface area contributed by atoms with E-state index in [4.69, 9.17) is 11.6 Å². The number of carbonyl (C=O) groups excluding carboxylic acids is 1. The molecule has 0 aliphatic carbocycles. The number of aromatic nitrogens is 3. The van der Waals surface area contributed by atoms with Crippen LogP contribution in [0.1, 0.15) is 11.1 Å². The summed E-state index contributed by atoms with van der Waals surface area (Å²) in [5, 5.41) is 4.27. The van der Waals surface area contributed by atoms with Crippen molar-refractivity contribution in [2.24, 2.45) is 0 Å². The van der Waals surface area contributed by atoms with Crippen molar-refractivity contribution in [2.45, 2.75) is 18.6 Å². The monoisotopic (exact) mass is 450 g/mol. The summed E-state index contributed by atoms with van der Waals surface area (Å²) in [4.78, 5) is 34.4. The van der Waals surface area contributed by atoms with E-state index in [-0.39, 0.29) is 23.8 Å². The molecule has 8 heteroatoms. The van der Waals surface area contributed by atoms with Crippen LogP contribution in [0.2, 0.25) is 5.02 Å². The number of nitrogens with one attached hydrogen (secondary N) is 1. The van der Waals surface area contributed by atoms with Crippen molar-refractivity contribution in [3.63, 3.8) is 0 Å². The van der Waals surface area contributed by atoms with Gasteiger partial charge < -0.3 is 5.32 Å². The van der Waals surface area contributed by atoms with Crippen LogP contribution in [0.3, 0.4) is 0 Å². The first-order chi connectivity index (χ1) is 15.0. The largest absolute Gasteiger partial charge is 0.325 e. The Hall–Kier alpha value is -3.16. The number of hydrogen-bond donors (Lipinski definition) is 1. The van der Waals surface area contributed by atoms with Gasteiger partial charge in [-0.25, -0.2) is 9.97 Å². The number of fused-ring (bicyclic) bond motifs is 1. The Morgan fingerprint density at radius 3 is 2.77 bits per heavy atom. The maximum absolute atomic E-state index is 13.2. The van der Waals surface area contributed by atoms with Gasteiger partial charge in [-0.2, -0.15) is 0 Å². The summed E-state index contributed by atoms with van der Waals surface area (Å²) < 4.78 is 1.54. The highest BCUT2D eigenvalue weighted by molar-refractivity contribution is 7.99. The number of aryl methyl sites for hydroxylation is 1. The molecule has 1 N–H and O–H groups in total. The van der Waals surface area contributed by atoms with E-state index in [0.29, 0.717) is 21.2 Å². The van der Waals surface area contributed by atoms with Crippen LogP contribution in [-0.4, -0.2) is 26.2 Å². The third-order valence-electron chi connectivity index (χ3n) is 4.62. The van der Waals surface area contributed by atoms with Gasteiger partial charge in [0.25, 0.3) is 5.56 Å². The zero-order valence-electron chi connectivity index (χ0n) is 16.7. The highest BCUT2D eigenvalue weighted by atomic mass is 35.5. The van der Waals surface area contributed by atoms with Gasteiger partial charge in [0.15, 0.2) is 10.8 Å². The summed E-state index contributed by atoms with van der Waals surface area (Å²) in [6, 6.07) is 18.3. The van der Waals surface area contributed by atoms with Crippen molar-refractivity contribution < 1.29 is 4.79 Å². The lowest BCUT2D eigenvalue weighted by Crippen LogP contribution is -2.25. The van der Waals surface area contributed by atoms with Gasteiger partial charge in [0.05, 0.1) is 17.7 Å². The van der Waals surface area contributed by atoms with Crippen LogP contribution in [0.4, 0.5) is 5.69 Å². The topological polar surface area (TPSA) is 76.9 Å². The summed E-state index contributed by atoms with van der Waals surface area (Å²) in [6.07, 6.45) is 1.59. The van der Waals surface area contributed by atoms with Gasteiger partial charge >= 0.3 is 0 Å². The van der Waals surface area contributed by atoms with E-state index < -0.39 is 0 Å². The van der Waals surface area contributed by atoms with Crippen LogP contribution >= 0.6 is 23.4 Å². The molecule has 0 fully saturated rings. The van der Waals surface area contributed by atoms with Gasteiger partial charge in [0.2, 0.25) is 5.91 Å². The molecule has 2 heterocycles. The number of thioether (sulfide) groups is 1. The van der Waals surface area contributed by atoms with Gasteiger partial charge in [-0.05, 0) is 48.4 Å². The number of rotatable bonds is 6. The number of pyridine rings is 1. The molecule has 2 aromatic carbocycles. The fourth-order valence-electron chi connectivity index (χ4n) is 3.13. The van der Waals surface area contributed by atoms with Crippen molar-refractivity contribution in [1.29, 1.82) is 0 Å². The third kappa shape index (κ3) is 4.95. The molecule has 0 unspecified atom stereocenters. The highest BCUT2D eigenvalue weighted by Crippen LogP contribution is 2.21. The summed E-state index contributed by atoms with van der Waals surface area (Å²) in [7, 11) is 0. The molecule has 156 valence electrons. The Bertz CT molecular complexity index is 1320. The van der Waals surface area contributed by atoms with Crippen LogP contribution in [0.25, 0.3) is 11.0 Å². The van der Waals surface area contributed by atoms with Gasteiger partial charge in [-0.1, -0.05) is 53.7 Å². The van der Waals surface area contributed by atoms with Crippen molar-refractivity contribution in [3.8, 4) is 0 Å². The fourth-order valence-corrected chi connectivity index (χ4v) is 4.11. The number of hydrogen-bond acceptors (Lipinski definition) is 5. The summed E-state index contributed by atoms with van der Waals surface area (Å²) >= 11 is 7.50. The molecule has 31 heavy (non-hydrogen) atoms. The second-order valence-corrected chi connectivity index (χ2v) is 8.31. The molecule has 0 saturated heterocycles. The van der Waals surface area contributed by atoms with E-state index in [1.165, 1.54) is 16.3 Å². The van der Waals surface area contributed by atoms with Gasteiger partial charge in [0.1, 0.15) is 0 Å². The smallest absolute Gasteiger partial charge is 0.263 e. The first-order valence-electron chi connectivity index (χ1n) is 9.59. The lowest BCUT2D eigenvalue weighted by atomic mass is 10.2. The molecule has 0 spiro atoms. The normalized spacial score (nSPS) is 10.9. The zero-order valence-corrected chi connectivity index (χ0v) is 18.3. The van der Waals surface area contributed by atoms with Gasteiger partial charge in [-0.15, -0.1) is 0 Å². The van der Waals surface area contributed by atoms with Crippen LogP contribution in [-0.2, 0) is 11.3 Å². The molecule has 0 aliphatic rings. The lowest BCUT2D eigenvalue weighted by Gasteiger charge is -2.14. The van der Waals surface area contributed by atoms with E-state index >= 15 is 0 Å². The van der Waals surface area contributed by atoms with Gasteiger partial charge in [-0.3, -0.25) is 14.2 Å². The fraction of sp³-hybridized carbons (Fsp3) is 0.130. The van der Waals surface area contributed by atoms with Crippen molar-refractivity contribution in [1.82, 2.24) is 14.5 Å². The molecule has 0 bridgehead atoms. The first-order valence-corrected chi connectivity index (χ1v) is 11.0. The van der Waals surface area contributed by atoms with E-state index in [9.17, 15) is 9.59 Å². The standard InChI is InChI=1S/C23H19ClN4O2S/c1-15-6-4-8-17(12-15)26-20(29)14-31-23-27-21-18(9-5-11-25-21)22(30)28(23)13-16-7-2-3-10-19(16)24/h2-12H,13-14H2,1H3,(H,26,29). The highest BCUT2D eigenvalue weighted by Gasteiger charge is 2.15. The van der Waals surface area contributed by atoms with Crippen molar-refractivity contribution in [3.05, 3.63) is 93.4 Å². The zero-order chi connectivity index (χ0) is 21.8. The third-order valence-corrected chi connectivity index (χ3v) is 5.96. The number of halogens is 1. The average Bonchev–Trinajstić information content (AvgIpc) is 2.76. The Labute approximate surface area is 188 Å². The van der Waals surface area contributed by atoms with Crippen LogP contribution in [0.15, 0.2) is 76.8 Å².